The van der Waals surface area contributed by atoms with Crippen LogP contribution in [0.3, 0.4) is 0 Å². The molecule has 0 amide bonds. The van der Waals surface area contributed by atoms with E-state index in [0.717, 1.165) is 0 Å². The molecule has 0 heterocycles. The van der Waals surface area contributed by atoms with E-state index < -0.39 is 22.0 Å². The molecule has 0 saturated heterocycles. The van der Waals surface area contributed by atoms with Gasteiger partial charge in [0.25, 0.3) is 0 Å². The van der Waals surface area contributed by atoms with Gasteiger partial charge < -0.3 is 12.0 Å². The first kappa shape index (κ1) is 19.9. The van der Waals surface area contributed by atoms with Crippen molar-refractivity contribution in [3.63, 3.8) is 0 Å². The Balaban J connectivity index is 0.000000396. The van der Waals surface area contributed by atoms with Gasteiger partial charge in [0, 0.05) is 0 Å². The van der Waals surface area contributed by atoms with Crippen LogP contribution >= 0.6 is 0 Å². The van der Waals surface area contributed by atoms with E-state index in [1.165, 1.54) is 11.1 Å². The van der Waals surface area contributed by atoms with Gasteiger partial charge in [-0.15, -0.1) is 0 Å². The zero-order chi connectivity index (χ0) is 14.1. The minimum Gasteiger partial charge on any atom is -0.396 e. The van der Waals surface area contributed by atoms with Crippen molar-refractivity contribution in [1.29, 1.82) is 0 Å². The summed E-state index contributed by atoms with van der Waals surface area (Å²) >= 11 is 0. The van der Waals surface area contributed by atoms with Crippen molar-refractivity contribution in [3.8, 4) is 11.1 Å². The van der Waals surface area contributed by atoms with E-state index in [9.17, 15) is 16.8 Å². The first-order chi connectivity index (χ1) is 9.09. The van der Waals surface area contributed by atoms with Crippen LogP contribution in [0.5, 0.6) is 0 Å². The maximum Gasteiger partial charge on any atom is 1.00 e. The fourth-order valence-electron chi connectivity index (χ4n) is 1.31. The smallest absolute Gasteiger partial charge is 0.396 e. The fourth-order valence-corrected chi connectivity index (χ4v) is 1.71. The van der Waals surface area contributed by atoms with Gasteiger partial charge in [-0.2, -0.15) is 0 Å². The maximum atomic E-state index is 9.23. The summed E-state index contributed by atoms with van der Waals surface area (Å²) in [5.41, 5.74) is 2.55. The van der Waals surface area contributed by atoms with E-state index in [4.69, 9.17) is 0 Å². The predicted octanol–water partition coefficient (Wildman–Crippen LogP) is -0.889. The van der Waals surface area contributed by atoms with Gasteiger partial charge in [-0.3, -0.25) is 0 Å². The van der Waals surface area contributed by atoms with Crippen molar-refractivity contribution in [2.75, 3.05) is 0 Å². The zero-order valence-corrected chi connectivity index (χ0v) is 15.5. The Morgan fingerprint density at radius 3 is 1.30 bits per heavy atom. The summed E-state index contributed by atoms with van der Waals surface area (Å²) in [5, 5.41) is 0. The largest absolute Gasteiger partial charge is 1.00 e. The monoisotopic (exact) mass is 338 g/mol. The number of hydrogen-bond donors (Lipinski definition) is 1. The molecule has 2 aromatic rings. The molecule has 0 radical (unpaired) electrons. The second kappa shape index (κ2) is 11.6. The van der Waals surface area contributed by atoms with Crippen molar-refractivity contribution in [2.24, 2.45) is 0 Å². The molecule has 0 aliphatic carbocycles. The van der Waals surface area contributed by atoms with Crippen LogP contribution in [0, 0.1) is 0 Å². The average Bonchev–Trinajstić information content (AvgIpc) is 2.40. The summed E-state index contributed by atoms with van der Waals surface area (Å²) in [7, 11) is -6.19. The SMILES string of the molecule is O=[S-](=O)O[SH](=O)=O.[K+].c1ccc(-c2ccccc2)cc1. The van der Waals surface area contributed by atoms with Crippen LogP contribution in [0.25, 0.3) is 11.1 Å². The maximum absolute atomic E-state index is 9.23. The van der Waals surface area contributed by atoms with Crippen LogP contribution in [0.2, 0.25) is 0 Å². The van der Waals surface area contributed by atoms with Gasteiger partial charge in [0.15, 0.2) is 0 Å². The second-order valence-electron chi connectivity index (χ2n) is 3.23. The number of benzene rings is 2. The van der Waals surface area contributed by atoms with Crippen molar-refractivity contribution >= 4 is 22.0 Å². The Labute approximate surface area is 163 Å². The summed E-state index contributed by atoms with van der Waals surface area (Å²) in [6, 6.07) is 20.8. The molecule has 0 N–H and O–H groups in total. The van der Waals surface area contributed by atoms with Crippen LogP contribution in [0.1, 0.15) is 0 Å². The van der Waals surface area contributed by atoms with Gasteiger partial charge in [-0.1, -0.05) is 60.7 Å². The van der Waals surface area contributed by atoms with Crippen LogP contribution in [-0.4, -0.2) is 8.42 Å². The molecule has 102 valence electrons. The van der Waals surface area contributed by atoms with Gasteiger partial charge in [-0.05, 0) is 11.1 Å². The minimum absolute atomic E-state index is 0. The van der Waals surface area contributed by atoms with Gasteiger partial charge in [0.05, 0.1) is 11.0 Å². The van der Waals surface area contributed by atoms with E-state index in [-0.39, 0.29) is 51.4 Å². The Morgan fingerprint density at radius 1 is 0.750 bits per heavy atom. The molecule has 5 nitrogen and oxygen atoms in total. The molecule has 0 atom stereocenters. The molecular formula is C12H11KO5S2. The van der Waals surface area contributed by atoms with Gasteiger partial charge in [-0.25, -0.2) is 8.42 Å². The Kier molecular flexibility index (Phi) is 11.5. The van der Waals surface area contributed by atoms with Gasteiger partial charge in [0.1, 0.15) is 0 Å². The van der Waals surface area contributed by atoms with E-state index in [1.807, 2.05) is 12.1 Å². The third kappa shape index (κ3) is 8.98. The third-order valence-electron chi connectivity index (χ3n) is 2.00. The topological polar surface area (TPSA) is 77.5 Å². The zero-order valence-electron chi connectivity index (χ0n) is 10.7. The number of thiol groups is 1. The molecule has 0 aliphatic heterocycles. The van der Waals surface area contributed by atoms with E-state index in [2.05, 4.69) is 52.2 Å². The fraction of sp³-hybridized carbons (Fsp3) is 0. The predicted molar refractivity (Wildman–Crippen MR) is 72.0 cm³/mol. The number of hydrogen-bond acceptors (Lipinski definition) is 6. The normalized spacial score (nSPS) is 9.50. The van der Waals surface area contributed by atoms with Crippen LogP contribution in [-0.2, 0) is 34.0 Å². The van der Waals surface area contributed by atoms with Crippen molar-refractivity contribution in [3.05, 3.63) is 60.7 Å². The van der Waals surface area contributed by atoms with Crippen molar-refractivity contribution in [2.45, 2.75) is 0 Å². The first-order valence-corrected chi connectivity index (χ1v) is 7.21. The summed E-state index contributed by atoms with van der Waals surface area (Å²) in [4.78, 5) is 0. The van der Waals surface area contributed by atoms with Gasteiger partial charge >= 0.3 is 51.4 Å². The van der Waals surface area contributed by atoms with E-state index in [1.54, 1.807) is 0 Å². The summed E-state index contributed by atoms with van der Waals surface area (Å²) in [6.07, 6.45) is 0. The number of rotatable bonds is 3. The molecular weight excluding hydrogens is 327 g/mol. The van der Waals surface area contributed by atoms with Crippen molar-refractivity contribution in [1.82, 2.24) is 0 Å². The molecule has 0 unspecified atom stereocenters. The Bertz CT molecular complexity index is 566. The van der Waals surface area contributed by atoms with Gasteiger partial charge in [0.2, 0.25) is 11.0 Å². The molecule has 20 heavy (non-hydrogen) atoms. The third-order valence-corrected chi connectivity index (χ3v) is 2.98. The van der Waals surface area contributed by atoms with Crippen molar-refractivity contribution < 1.29 is 71.8 Å². The van der Waals surface area contributed by atoms with E-state index >= 15 is 0 Å². The van der Waals surface area contributed by atoms with Crippen LogP contribution < -0.4 is 51.4 Å². The molecule has 0 fully saturated rings. The molecule has 0 saturated carbocycles. The standard InChI is InChI=1S/C12H10.K.HO5S2/c1-3-7-11(8-4-1)12-9-5-2-6-10-12;;1-6(2)5-7(3)4/h1-10H;;6H/q;+1;-1. The first-order valence-electron chi connectivity index (χ1n) is 5.12. The Hall–Kier alpha value is -0.0636. The summed E-state index contributed by atoms with van der Waals surface area (Å²) < 4.78 is 40.0. The average molecular weight is 338 g/mol. The summed E-state index contributed by atoms with van der Waals surface area (Å²) in [5.74, 6) is 0. The van der Waals surface area contributed by atoms with E-state index in [0.29, 0.717) is 0 Å². The molecule has 2 rings (SSSR count). The summed E-state index contributed by atoms with van der Waals surface area (Å²) in [6.45, 7) is 0. The van der Waals surface area contributed by atoms with Crippen LogP contribution in [0.15, 0.2) is 60.7 Å². The quantitative estimate of drug-likeness (QED) is 0.446. The molecule has 0 spiro atoms. The minimum atomic E-state index is -3.25. The molecule has 8 heteroatoms. The second-order valence-corrected chi connectivity index (χ2v) is 4.69. The molecule has 0 aliphatic rings. The molecule has 0 aromatic heterocycles. The Morgan fingerprint density at radius 2 is 1.10 bits per heavy atom. The van der Waals surface area contributed by atoms with Crippen LogP contribution in [0.4, 0.5) is 0 Å². The molecule has 2 aromatic carbocycles. The molecule has 0 bridgehead atoms.